The molecule has 0 fully saturated rings. The van der Waals surface area contributed by atoms with E-state index in [9.17, 15) is 12.6 Å². The van der Waals surface area contributed by atoms with Crippen LogP contribution in [0.5, 0.6) is 0 Å². The highest BCUT2D eigenvalue weighted by atomic mass is 32.2. The minimum Gasteiger partial charge on any atom is -0.280 e. The van der Waals surface area contributed by atoms with Gasteiger partial charge in [-0.2, -0.15) is 0 Å². The van der Waals surface area contributed by atoms with E-state index >= 15 is 0 Å². The number of fused-ring (bicyclic) bond motifs is 1. The summed E-state index contributed by atoms with van der Waals surface area (Å²) in [5, 5.41) is 0.757. The number of hydrogen-bond donors (Lipinski definition) is 1. The van der Waals surface area contributed by atoms with Gasteiger partial charge in [-0.25, -0.2) is 8.42 Å². The Kier molecular flexibility index (Phi) is 4.14. The van der Waals surface area contributed by atoms with Gasteiger partial charge >= 0.3 is 0 Å². The lowest BCUT2D eigenvalue weighted by molar-refractivity contribution is 0.601. The molecular weight excluding hydrogens is 332 g/mol. The van der Waals surface area contributed by atoms with E-state index in [4.69, 9.17) is 0 Å². The van der Waals surface area contributed by atoms with Crippen molar-refractivity contribution in [3.8, 4) is 0 Å². The van der Waals surface area contributed by atoms with Crippen LogP contribution in [0.4, 0.5) is 5.69 Å². The Balaban J connectivity index is 1.92. The number of nitrogens with one attached hydrogen (secondary N) is 1. The molecular formula is C16H14N2O3S2. The lowest BCUT2D eigenvalue weighted by Crippen LogP contribution is -2.12. The topological polar surface area (TPSA) is 76.1 Å². The van der Waals surface area contributed by atoms with Gasteiger partial charge in [-0.1, -0.05) is 6.07 Å². The van der Waals surface area contributed by atoms with Crippen molar-refractivity contribution in [3.05, 3.63) is 60.8 Å². The molecule has 0 spiro atoms. The van der Waals surface area contributed by atoms with Gasteiger partial charge in [-0.15, -0.1) is 0 Å². The maximum absolute atomic E-state index is 12.5. The summed E-state index contributed by atoms with van der Waals surface area (Å²) in [4.78, 5) is 4.98. The Hall–Kier alpha value is -2.25. The van der Waals surface area contributed by atoms with Crippen LogP contribution in [0, 0.1) is 0 Å². The van der Waals surface area contributed by atoms with Crippen molar-refractivity contribution in [3.63, 3.8) is 0 Å². The second kappa shape index (κ2) is 6.10. The van der Waals surface area contributed by atoms with Crippen LogP contribution >= 0.6 is 0 Å². The maximum atomic E-state index is 12.5. The number of pyridine rings is 1. The molecule has 2 aromatic carbocycles. The third kappa shape index (κ3) is 3.40. The molecule has 0 saturated heterocycles. The molecule has 0 radical (unpaired) electrons. The van der Waals surface area contributed by atoms with Crippen molar-refractivity contribution in [2.45, 2.75) is 9.79 Å². The van der Waals surface area contributed by atoms with Gasteiger partial charge in [-0.3, -0.25) is 13.9 Å². The van der Waals surface area contributed by atoms with E-state index in [0.29, 0.717) is 10.6 Å². The number of rotatable bonds is 4. The number of hydrogen-bond acceptors (Lipinski definition) is 4. The van der Waals surface area contributed by atoms with Crippen LogP contribution in [0.15, 0.2) is 70.6 Å². The number of sulfonamides is 1. The predicted octanol–water partition coefficient (Wildman–Crippen LogP) is 2.77. The van der Waals surface area contributed by atoms with Crippen molar-refractivity contribution >= 4 is 37.4 Å². The first kappa shape index (κ1) is 15.6. The van der Waals surface area contributed by atoms with E-state index in [2.05, 4.69) is 9.71 Å². The van der Waals surface area contributed by atoms with E-state index < -0.39 is 20.8 Å². The summed E-state index contributed by atoms with van der Waals surface area (Å²) < 4.78 is 38.8. The van der Waals surface area contributed by atoms with Gasteiger partial charge in [0.25, 0.3) is 10.0 Å². The van der Waals surface area contributed by atoms with Crippen molar-refractivity contribution in [1.29, 1.82) is 0 Å². The Bertz CT molecular complexity index is 984. The molecule has 0 aliphatic heterocycles. The zero-order chi connectivity index (χ0) is 16.4. The first-order chi connectivity index (χ1) is 11.0. The number of benzene rings is 2. The van der Waals surface area contributed by atoms with Crippen molar-refractivity contribution < 1.29 is 12.6 Å². The maximum Gasteiger partial charge on any atom is 0.261 e. The summed E-state index contributed by atoms with van der Waals surface area (Å²) in [6.45, 7) is 0. The van der Waals surface area contributed by atoms with Crippen LogP contribution in [-0.4, -0.2) is 23.9 Å². The SMILES string of the molecule is CS(=O)c1ccc(NS(=O)(=O)c2ccc3ncccc3c2)cc1. The van der Waals surface area contributed by atoms with Crippen molar-refractivity contribution in [1.82, 2.24) is 4.98 Å². The van der Waals surface area contributed by atoms with Crippen molar-refractivity contribution in [2.24, 2.45) is 0 Å². The highest BCUT2D eigenvalue weighted by molar-refractivity contribution is 7.92. The lowest BCUT2D eigenvalue weighted by Gasteiger charge is -2.09. The zero-order valence-electron chi connectivity index (χ0n) is 12.3. The zero-order valence-corrected chi connectivity index (χ0v) is 13.9. The van der Waals surface area contributed by atoms with Gasteiger partial charge in [0.2, 0.25) is 0 Å². The first-order valence-electron chi connectivity index (χ1n) is 6.77. The molecule has 7 heteroatoms. The summed E-state index contributed by atoms with van der Waals surface area (Å²) >= 11 is 0. The van der Waals surface area contributed by atoms with Gasteiger partial charge in [0.05, 0.1) is 10.4 Å². The third-order valence-electron chi connectivity index (χ3n) is 3.32. The van der Waals surface area contributed by atoms with E-state index in [1.807, 2.05) is 6.07 Å². The fourth-order valence-electron chi connectivity index (χ4n) is 2.15. The summed E-state index contributed by atoms with van der Waals surface area (Å²) in [5.41, 5.74) is 1.16. The first-order valence-corrected chi connectivity index (χ1v) is 9.81. The third-order valence-corrected chi connectivity index (χ3v) is 5.64. The fraction of sp³-hybridized carbons (Fsp3) is 0.0625. The molecule has 1 N–H and O–H groups in total. The van der Waals surface area contributed by atoms with Gasteiger partial charge in [0.15, 0.2) is 0 Å². The second-order valence-corrected chi connectivity index (χ2v) is 8.00. The molecule has 0 aliphatic carbocycles. The number of anilines is 1. The molecule has 0 bridgehead atoms. The van der Waals surface area contributed by atoms with Gasteiger partial charge < -0.3 is 0 Å². The standard InChI is InChI=1S/C16H14N2O3S2/c1-22(19)14-6-4-13(5-7-14)18-23(20,21)15-8-9-16-12(11-15)3-2-10-17-16/h2-11,18H,1H3. The molecule has 3 rings (SSSR count). The van der Waals surface area contributed by atoms with Crippen LogP contribution in [0.25, 0.3) is 10.9 Å². The van der Waals surface area contributed by atoms with Gasteiger partial charge in [-0.05, 0) is 48.5 Å². The average Bonchev–Trinajstić information content (AvgIpc) is 2.54. The molecule has 1 unspecified atom stereocenters. The number of nitrogens with zero attached hydrogens (tertiary/aromatic N) is 1. The molecule has 1 heterocycles. The summed E-state index contributed by atoms with van der Waals surface area (Å²) in [7, 11) is -4.79. The lowest BCUT2D eigenvalue weighted by atomic mass is 10.2. The Morgan fingerprint density at radius 1 is 1.04 bits per heavy atom. The second-order valence-electron chi connectivity index (χ2n) is 4.94. The average molecular weight is 346 g/mol. The summed E-state index contributed by atoms with van der Waals surface area (Å²) in [5.74, 6) is 0. The molecule has 0 saturated carbocycles. The molecule has 1 aromatic heterocycles. The molecule has 0 amide bonds. The Morgan fingerprint density at radius 3 is 2.48 bits per heavy atom. The van der Waals surface area contributed by atoms with Crippen LogP contribution in [-0.2, 0) is 20.8 Å². The van der Waals surface area contributed by atoms with E-state index in [-0.39, 0.29) is 4.90 Å². The molecule has 3 aromatic rings. The van der Waals surface area contributed by atoms with E-state index in [1.165, 1.54) is 6.07 Å². The molecule has 1 atom stereocenters. The van der Waals surface area contributed by atoms with Crippen LogP contribution in [0.3, 0.4) is 0 Å². The fourth-order valence-corrected chi connectivity index (χ4v) is 3.76. The molecule has 0 aliphatic rings. The quantitative estimate of drug-likeness (QED) is 0.788. The predicted molar refractivity (Wildman–Crippen MR) is 91.3 cm³/mol. The molecule has 118 valence electrons. The molecule has 5 nitrogen and oxygen atoms in total. The smallest absolute Gasteiger partial charge is 0.261 e. The Labute approximate surface area is 136 Å². The molecule has 23 heavy (non-hydrogen) atoms. The van der Waals surface area contributed by atoms with Crippen molar-refractivity contribution in [2.75, 3.05) is 11.0 Å². The van der Waals surface area contributed by atoms with Crippen LogP contribution < -0.4 is 4.72 Å². The van der Waals surface area contributed by atoms with E-state index in [1.54, 1.807) is 54.9 Å². The van der Waals surface area contributed by atoms with Crippen LogP contribution in [0.1, 0.15) is 0 Å². The summed E-state index contributed by atoms with van der Waals surface area (Å²) in [6.07, 6.45) is 3.23. The largest absolute Gasteiger partial charge is 0.280 e. The van der Waals surface area contributed by atoms with E-state index in [0.717, 1.165) is 10.9 Å². The highest BCUT2D eigenvalue weighted by Crippen LogP contribution is 2.21. The number of aromatic nitrogens is 1. The monoisotopic (exact) mass is 346 g/mol. The van der Waals surface area contributed by atoms with Gasteiger partial charge in [0, 0.05) is 39.2 Å². The minimum atomic E-state index is -3.69. The minimum absolute atomic E-state index is 0.168. The summed E-state index contributed by atoms with van der Waals surface area (Å²) in [6, 6.07) is 14.8. The normalized spacial score (nSPS) is 12.9. The Morgan fingerprint density at radius 2 is 1.78 bits per heavy atom. The van der Waals surface area contributed by atoms with Gasteiger partial charge in [0.1, 0.15) is 0 Å². The van der Waals surface area contributed by atoms with Crippen LogP contribution in [0.2, 0.25) is 0 Å². The highest BCUT2D eigenvalue weighted by Gasteiger charge is 2.15.